The molecule has 0 bridgehead atoms. The van der Waals surface area contributed by atoms with Gasteiger partial charge < -0.3 is 15.8 Å². The summed E-state index contributed by atoms with van der Waals surface area (Å²) in [5.74, 6) is 0.0701. The number of nitrogens with two attached hydrogens (primary N) is 1. The largest absolute Gasteiger partial charge is 0.378 e. The Kier molecular flexibility index (Phi) is 4.95. The summed E-state index contributed by atoms with van der Waals surface area (Å²) in [5, 5.41) is 3.09. The minimum Gasteiger partial charge on any atom is -0.378 e. The highest BCUT2D eigenvalue weighted by Crippen LogP contribution is 2.38. The molecule has 0 atom stereocenters. The van der Waals surface area contributed by atoms with Crippen LogP contribution in [-0.4, -0.2) is 30.7 Å². The summed E-state index contributed by atoms with van der Waals surface area (Å²) in [6, 6.07) is 0. The summed E-state index contributed by atoms with van der Waals surface area (Å²) < 4.78 is 5.47. The maximum Gasteiger partial charge on any atom is 0.223 e. The minimum atomic E-state index is -0.240. The molecule has 4 heteroatoms. The number of hydrogen-bond acceptors (Lipinski definition) is 3. The van der Waals surface area contributed by atoms with E-state index < -0.39 is 0 Å². The molecule has 0 aromatic rings. The predicted octanol–water partition coefficient (Wildman–Crippen LogP) is 1.58. The van der Waals surface area contributed by atoms with Crippen molar-refractivity contribution < 1.29 is 9.53 Å². The smallest absolute Gasteiger partial charge is 0.223 e. The van der Waals surface area contributed by atoms with E-state index in [1.54, 1.807) is 7.11 Å². The monoisotopic (exact) mass is 242 g/mol. The molecular weight excluding hydrogens is 216 g/mol. The van der Waals surface area contributed by atoms with E-state index in [2.05, 4.69) is 19.2 Å². The molecule has 17 heavy (non-hydrogen) atoms. The van der Waals surface area contributed by atoms with Crippen LogP contribution in [-0.2, 0) is 9.53 Å². The van der Waals surface area contributed by atoms with Crippen LogP contribution in [0.25, 0.3) is 0 Å². The van der Waals surface area contributed by atoms with Crippen LogP contribution < -0.4 is 11.1 Å². The molecule has 1 saturated carbocycles. The number of methoxy groups -OCH3 is 1. The van der Waals surface area contributed by atoms with E-state index in [1.807, 2.05) is 0 Å². The Morgan fingerprint density at radius 3 is 2.29 bits per heavy atom. The van der Waals surface area contributed by atoms with E-state index in [9.17, 15) is 4.79 Å². The molecule has 3 N–H and O–H groups in total. The van der Waals surface area contributed by atoms with E-state index in [-0.39, 0.29) is 17.0 Å². The number of nitrogens with one attached hydrogen (secondary N) is 1. The lowest BCUT2D eigenvalue weighted by Crippen LogP contribution is -2.55. The van der Waals surface area contributed by atoms with Gasteiger partial charge in [-0.25, -0.2) is 0 Å². The highest BCUT2D eigenvalue weighted by molar-refractivity contribution is 5.78. The zero-order valence-corrected chi connectivity index (χ0v) is 11.3. The number of amides is 1. The fraction of sp³-hybridized carbons (Fsp3) is 0.923. The van der Waals surface area contributed by atoms with Gasteiger partial charge in [-0.15, -0.1) is 0 Å². The minimum absolute atomic E-state index is 0.0701. The number of rotatable bonds is 7. The molecule has 0 aromatic carbocycles. The van der Waals surface area contributed by atoms with Crippen LogP contribution >= 0.6 is 0 Å². The Morgan fingerprint density at radius 2 is 2.00 bits per heavy atom. The summed E-state index contributed by atoms with van der Waals surface area (Å²) in [4.78, 5) is 12.1. The Morgan fingerprint density at radius 1 is 1.41 bits per heavy atom. The van der Waals surface area contributed by atoms with Crippen LogP contribution in [0.4, 0.5) is 0 Å². The standard InChI is InChI=1S/C13H26N2O2/c1-4-12(5-2,10-14)15-11(16)9-13(17-3)7-6-8-13/h4-10,14H2,1-3H3,(H,15,16). The molecule has 1 aliphatic rings. The van der Waals surface area contributed by atoms with Gasteiger partial charge in [-0.2, -0.15) is 0 Å². The Labute approximate surface area is 104 Å². The first-order chi connectivity index (χ1) is 8.05. The summed E-state index contributed by atoms with van der Waals surface area (Å²) in [6.45, 7) is 4.61. The zero-order valence-electron chi connectivity index (χ0n) is 11.3. The van der Waals surface area contributed by atoms with Crippen molar-refractivity contribution in [3.8, 4) is 0 Å². The van der Waals surface area contributed by atoms with Crippen molar-refractivity contribution in [1.82, 2.24) is 5.32 Å². The van der Waals surface area contributed by atoms with Gasteiger partial charge in [0.15, 0.2) is 0 Å². The first-order valence-corrected chi connectivity index (χ1v) is 6.61. The highest BCUT2D eigenvalue weighted by atomic mass is 16.5. The Hall–Kier alpha value is -0.610. The van der Waals surface area contributed by atoms with Crippen LogP contribution in [0.5, 0.6) is 0 Å². The second-order valence-corrected chi connectivity index (χ2v) is 5.16. The SMILES string of the molecule is CCC(CC)(CN)NC(=O)CC1(OC)CCC1. The van der Waals surface area contributed by atoms with Gasteiger partial charge >= 0.3 is 0 Å². The van der Waals surface area contributed by atoms with Crippen molar-refractivity contribution in [3.05, 3.63) is 0 Å². The van der Waals surface area contributed by atoms with Gasteiger partial charge in [0.2, 0.25) is 5.91 Å². The number of carbonyl (C=O) groups excluding carboxylic acids is 1. The summed E-state index contributed by atoms with van der Waals surface area (Å²) in [7, 11) is 1.70. The molecule has 1 aliphatic carbocycles. The van der Waals surface area contributed by atoms with Gasteiger partial charge in [-0.05, 0) is 32.1 Å². The Bertz CT molecular complexity index is 244. The van der Waals surface area contributed by atoms with E-state index in [0.717, 1.165) is 32.1 Å². The maximum atomic E-state index is 12.1. The van der Waals surface area contributed by atoms with Crippen molar-refractivity contribution in [2.75, 3.05) is 13.7 Å². The van der Waals surface area contributed by atoms with Gasteiger partial charge in [-0.3, -0.25) is 4.79 Å². The third-order valence-corrected chi connectivity index (χ3v) is 4.33. The molecule has 0 saturated heterocycles. The molecule has 100 valence electrons. The van der Waals surface area contributed by atoms with Crippen molar-refractivity contribution in [2.45, 2.75) is 63.5 Å². The fourth-order valence-corrected chi connectivity index (χ4v) is 2.42. The highest BCUT2D eigenvalue weighted by Gasteiger charge is 2.40. The molecule has 0 aliphatic heterocycles. The van der Waals surface area contributed by atoms with Gasteiger partial charge in [0.25, 0.3) is 0 Å². The number of carbonyl (C=O) groups is 1. The van der Waals surface area contributed by atoms with Crippen molar-refractivity contribution in [2.24, 2.45) is 5.73 Å². The van der Waals surface area contributed by atoms with Crippen molar-refractivity contribution >= 4 is 5.91 Å². The van der Waals surface area contributed by atoms with Crippen molar-refractivity contribution in [1.29, 1.82) is 0 Å². The van der Waals surface area contributed by atoms with Crippen LogP contribution in [0.3, 0.4) is 0 Å². The average Bonchev–Trinajstić information content (AvgIpc) is 2.31. The second kappa shape index (κ2) is 5.83. The molecule has 0 spiro atoms. The Balaban J connectivity index is 2.53. The third kappa shape index (κ3) is 3.19. The summed E-state index contributed by atoms with van der Waals surface area (Å²) in [6.07, 6.45) is 5.34. The van der Waals surface area contributed by atoms with Gasteiger partial charge in [0, 0.05) is 13.7 Å². The average molecular weight is 242 g/mol. The van der Waals surface area contributed by atoms with E-state index in [4.69, 9.17) is 10.5 Å². The molecule has 0 aromatic heterocycles. The molecule has 1 rings (SSSR count). The third-order valence-electron chi connectivity index (χ3n) is 4.33. The van der Waals surface area contributed by atoms with Gasteiger partial charge in [-0.1, -0.05) is 13.8 Å². The zero-order chi connectivity index (χ0) is 12.9. The van der Waals surface area contributed by atoms with Crippen LogP contribution in [0.2, 0.25) is 0 Å². The summed E-state index contributed by atoms with van der Waals surface area (Å²) >= 11 is 0. The lowest BCUT2D eigenvalue weighted by atomic mass is 9.77. The van der Waals surface area contributed by atoms with Crippen molar-refractivity contribution in [3.63, 3.8) is 0 Å². The van der Waals surface area contributed by atoms with Gasteiger partial charge in [0.1, 0.15) is 0 Å². The van der Waals surface area contributed by atoms with Crippen LogP contribution in [0.1, 0.15) is 52.4 Å². The second-order valence-electron chi connectivity index (χ2n) is 5.16. The number of ether oxygens (including phenoxy) is 1. The molecule has 1 fully saturated rings. The van der Waals surface area contributed by atoms with Crippen LogP contribution in [0.15, 0.2) is 0 Å². The molecule has 0 radical (unpaired) electrons. The maximum absolute atomic E-state index is 12.1. The number of hydrogen-bond donors (Lipinski definition) is 2. The van der Waals surface area contributed by atoms with E-state index >= 15 is 0 Å². The first-order valence-electron chi connectivity index (χ1n) is 6.61. The van der Waals surface area contributed by atoms with E-state index in [0.29, 0.717) is 13.0 Å². The van der Waals surface area contributed by atoms with Gasteiger partial charge in [0.05, 0.1) is 17.6 Å². The topological polar surface area (TPSA) is 64.3 Å². The first kappa shape index (κ1) is 14.5. The van der Waals surface area contributed by atoms with Crippen LogP contribution in [0, 0.1) is 0 Å². The van der Waals surface area contributed by atoms with E-state index in [1.165, 1.54) is 0 Å². The fourth-order valence-electron chi connectivity index (χ4n) is 2.42. The molecular formula is C13H26N2O2. The lowest BCUT2D eigenvalue weighted by molar-refractivity contribution is -0.136. The molecule has 1 amide bonds. The quantitative estimate of drug-likeness (QED) is 0.712. The molecule has 0 heterocycles. The summed E-state index contributed by atoms with van der Waals surface area (Å²) in [5.41, 5.74) is 5.33. The lowest BCUT2D eigenvalue weighted by Gasteiger charge is -2.41. The molecule has 0 unspecified atom stereocenters. The normalized spacial score (nSPS) is 18.6. The molecule has 4 nitrogen and oxygen atoms in total. The predicted molar refractivity (Wildman–Crippen MR) is 68.7 cm³/mol.